The lowest BCUT2D eigenvalue weighted by atomic mass is 10.2. The number of anilines is 2. The first-order valence-electron chi connectivity index (χ1n) is 5.99. The van der Waals surface area contributed by atoms with E-state index in [-0.39, 0.29) is 0 Å². The Morgan fingerprint density at radius 1 is 1.16 bits per heavy atom. The van der Waals surface area contributed by atoms with Crippen LogP contribution < -0.4 is 10.6 Å². The average Bonchev–Trinajstić information content (AvgIpc) is 3.04. The van der Waals surface area contributed by atoms with Gasteiger partial charge in [-0.2, -0.15) is 4.98 Å². The summed E-state index contributed by atoms with van der Waals surface area (Å²) in [5.74, 6) is 0.870. The van der Waals surface area contributed by atoms with E-state index in [9.17, 15) is 0 Å². The van der Waals surface area contributed by atoms with Crippen LogP contribution in [0.2, 0.25) is 10.0 Å². The number of halogens is 2. The summed E-state index contributed by atoms with van der Waals surface area (Å²) in [6.07, 6.45) is 2.29. The van der Waals surface area contributed by atoms with Crippen LogP contribution in [0.3, 0.4) is 0 Å². The fraction of sp³-hybridized carbons (Fsp3) is 0.333. The Morgan fingerprint density at radius 2 is 1.84 bits per heavy atom. The minimum Gasteiger partial charge on any atom is -0.397 e. The number of rotatable bonds is 2. The first-order valence-corrected chi connectivity index (χ1v) is 6.75. The second-order valence-corrected chi connectivity index (χ2v) is 5.23. The Hall–Kier alpha value is -1.46. The minimum atomic E-state index is 0.298. The molecule has 3 rings (SSSR count). The molecule has 5 nitrogen and oxygen atoms in total. The second-order valence-electron chi connectivity index (χ2n) is 4.41. The number of benzene rings is 1. The van der Waals surface area contributed by atoms with Crippen LogP contribution >= 0.6 is 23.2 Å². The molecule has 19 heavy (non-hydrogen) atoms. The summed E-state index contributed by atoms with van der Waals surface area (Å²) in [7, 11) is 0. The molecular weight excluding hydrogens is 287 g/mol. The van der Waals surface area contributed by atoms with Crippen LogP contribution in [-0.4, -0.2) is 23.2 Å². The fourth-order valence-electron chi connectivity index (χ4n) is 2.15. The highest BCUT2D eigenvalue weighted by Gasteiger charge is 2.21. The van der Waals surface area contributed by atoms with Gasteiger partial charge in [0.05, 0.1) is 21.3 Å². The minimum absolute atomic E-state index is 0.298. The Labute approximate surface area is 120 Å². The summed E-state index contributed by atoms with van der Waals surface area (Å²) in [4.78, 5) is 6.42. The standard InChI is InChI=1S/C12H12Cl2N4O/c13-7-3-4-8(14)10(15)9(7)11-16-12(17-19-11)18-5-1-2-6-18/h3-4H,1-2,5-6,15H2. The average molecular weight is 299 g/mol. The van der Waals surface area contributed by atoms with E-state index in [1.165, 1.54) is 0 Å². The maximum absolute atomic E-state index is 6.12. The molecule has 1 aromatic carbocycles. The van der Waals surface area contributed by atoms with Gasteiger partial charge in [-0.1, -0.05) is 23.2 Å². The lowest BCUT2D eigenvalue weighted by Crippen LogP contribution is -2.18. The van der Waals surface area contributed by atoms with Gasteiger partial charge < -0.3 is 15.2 Å². The van der Waals surface area contributed by atoms with Gasteiger partial charge in [0.1, 0.15) is 0 Å². The highest BCUT2D eigenvalue weighted by molar-refractivity contribution is 6.37. The highest BCUT2D eigenvalue weighted by Crippen LogP contribution is 2.37. The number of nitrogens with zero attached hydrogens (tertiary/aromatic N) is 3. The van der Waals surface area contributed by atoms with E-state index in [0.717, 1.165) is 25.9 Å². The molecule has 0 atom stereocenters. The number of aromatic nitrogens is 2. The van der Waals surface area contributed by atoms with Gasteiger partial charge in [0.2, 0.25) is 0 Å². The maximum Gasteiger partial charge on any atom is 0.266 e. The van der Waals surface area contributed by atoms with Crippen molar-refractivity contribution in [3.8, 4) is 11.5 Å². The molecule has 0 amide bonds. The smallest absolute Gasteiger partial charge is 0.266 e. The Kier molecular flexibility index (Phi) is 3.24. The Balaban J connectivity index is 2.01. The van der Waals surface area contributed by atoms with Crippen molar-refractivity contribution in [1.29, 1.82) is 0 Å². The van der Waals surface area contributed by atoms with E-state index in [1.54, 1.807) is 12.1 Å². The number of nitrogen functional groups attached to an aromatic ring is 1. The second kappa shape index (κ2) is 4.90. The molecule has 0 bridgehead atoms. The molecule has 100 valence electrons. The van der Waals surface area contributed by atoms with Crippen molar-refractivity contribution in [2.75, 3.05) is 23.7 Å². The maximum atomic E-state index is 6.12. The molecule has 1 saturated heterocycles. The first kappa shape index (κ1) is 12.6. The summed E-state index contributed by atoms with van der Waals surface area (Å²) in [6.45, 7) is 1.88. The molecule has 1 aliphatic rings. The third kappa shape index (κ3) is 2.24. The predicted octanol–water partition coefficient (Wildman–Crippen LogP) is 3.23. The zero-order valence-electron chi connectivity index (χ0n) is 10.1. The molecule has 1 aliphatic heterocycles. The third-order valence-electron chi connectivity index (χ3n) is 3.16. The van der Waals surface area contributed by atoms with Gasteiger partial charge in [0, 0.05) is 13.1 Å². The molecule has 2 N–H and O–H groups in total. The van der Waals surface area contributed by atoms with Crippen LogP contribution in [0.25, 0.3) is 11.5 Å². The lowest BCUT2D eigenvalue weighted by molar-refractivity contribution is 0.430. The van der Waals surface area contributed by atoms with Crippen molar-refractivity contribution in [3.05, 3.63) is 22.2 Å². The van der Waals surface area contributed by atoms with Gasteiger partial charge in [-0.05, 0) is 30.1 Å². The molecule has 0 unspecified atom stereocenters. The summed E-state index contributed by atoms with van der Waals surface area (Å²) >= 11 is 12.1. The predicted molar refractivity (Wildman–Crippen MR) is 75.6 cm³/mol. The van der Waals surface area contributed by atoms with E-state index < -0.39 is 0 Å². The molecule has 0 saturated carbocycles. The Morgan fingerprint density at radius 3 is 2.58 bits per heavy atom. The van der Waals surface area contributed by atoms with Gasteiger partial charge in [0.25, 0.3) is 11.8 Å². The van der Waals surface area contributed by atoms with Crippen LogP contribution in [0, 0.1) is 0 Å². The molecule has 1 aromatic heterocycles. The van der Waals surface area contributed by atoms with Crippen molar-refractivity contribution in [3.63, 3.8) is 0 Å². The number of hydrogen-bond acceptors (Lipinski definition) is 5. The van der Waals surface area contributed by atoms with E-state index in [2.05, 4.69) is 15.0 Å². The Bertz CT molecular complexity index is 608. The molecule has 0 spiro atoms. The zero-order valence-corrected chi connectivity index (χ0v) is 11.6. The summed E-state index contributed by atoms with van der Waals surface area (Å²) in [5.41, 5.74) is 6.77. The van der Waals surface area contributed by atoms with Crippen LogP contribution in [0.1, 0.15) is 12.8 Å². The van der Waals surface area contributed by atoms with Gasteiger partial charge in [-0.3, -0.25) is 0 Å². The lowest BCUT2D eigenvalue weighted by Gasteiger charge is -2.10. The molecule has 1 fully saturated rings. The summed E-state index contributed by atoms with van der Waals surface area (Å²) < 4.78 is 5.25. The van der Waals surface area contributed by atoms with Crippen molar-refractivity contribution in [2.24, 2.45) is 0 Å². The van der Waals surface area contributed by atoms with Crippen LogP contribution in [-0.2, 0) is 0 Å². The van der Waals surface area contributed by atoms with Crippen LogP contribution in [0.4, 0.5) is 11.6 Å². The van der Waals surface area contributed by atoms with Crippen molar-refractivity contribution < 1.29 is 4.52 Å². The van der Waals surface area contributed by atoms with E-state index in [0.29, 0.717) is 33.1 Å². The summed E-state index contributed by atoms with van der Waals surface area (Å²) in [5, 5.41) is 4.83. The molecule has 2 aromatic rings. The quantitative estimate of drug-likeness (QED) is 0.862. The monoisotopic (exact) mass is 298 g/mol. The SMILES string of the molecule is Nc1c(Cl)ccc(Cl)c1-c1nc(N2CCCC2)no1. The van der Waals surface area contributed by atoms with Crippen LogP contribution in [0.5, 0.6) is 0 Å². The molecule has 7 heteroatoms. The van der Waals surface area contributed by atoms with Crippen LogP contribution in [0.15, 0.2) is 16.7 Å². The number of hydrogen-bond donors (Lipinski definition) is 1. The van der Waals surface area contributed by atoms with Crippen molar-refractivity contribution in [1.82, 2.24) is 10.1 Å². The van der Waals surface area contributed by atoms with E-state index >= 15 is 0 Å². The largest absolute Gasteiger partial charge is 0.397 e. The van der Waals surface area contributed by atoms with E-state index in [4.69, 9.17) is 33.5 Å². The first-order chi connectivity index (χ1) is 9.16. The van der Waals surface area contributed by atoms with Gasteiger partial charge in [0.15, 0.2) is 0 Å². The molecule has 2 heterocycles. The normalized spacial score (nSPS) is 15.2. The van der Waals surface area contributed by atoms with Gasteiger partial charge >= 0.3 is 0 Å². The third-order valence-corrected chi connectivity index (χ3v) is 3.80. The highest BCUT2D eigenvalue weighted by atomic mass is 35.5. The van der Waals surface area contributed by atoms with Gasteiger partial charge in [-0.25, -0.2) is 0 Å². The van der Waals surface area contributed by atoms with E-state index in [1.807, 2.05) is 0 Å². The molecule has 0 aliphatic carbocycles. The zero-order chi connectivity index (χ0) is 13.4. The molecule has 0 radical (unpaired) electrons. The van der Waals surface area contributed by atoms with Crippen molar-refractivity contribution >= 4 is 34.8 Å². The van der Waals surface area contributed by atoms with Crippen molar-refractivity contribution in [2.45, 2.75) is 12.8 Å². The number of nitrogens with two attached hydrogens (primary N) is 1. The fourth-order valence-corrected chi connectivity index (χ4v) is 2.55. The topological polar surface area (TPSA) is 68.2 Å². The summed E-state index contributed by atoms with van der Waals surface area (Å²) in [6, 6.07) is 3.30. The molecular formula is C12H12Cl2N4O. The van der Waals surface area contributed by atoms with Gasteiger partial charge in [-0.15, -0.1) is 0 Å².